The molecule has 0 aliphatic heterocycles. The topological polar surface area (TPSA) is 66.8 Å². The smallest absolute Gasteiger partial charge is 0.182 e. The molecule has 4 nitrogen and oxygen atoms in total. The van der Waals surface area contributed by atoms with Gasteiger partial charge in [0.25, 0.3) is 0 Å². The minimum atomic E-state index is -0.315. The molecule has 2 rings (SSSR count). The number of methoxy groups -OCH3 is 1. The van der Waals surface area contributed by atoms with E-state index in [1.54, 1.807) is 24.3 Å². The first kappa shape index (κ1) is 17.1. The largest absolute Gasteiger partial charge is 0.508 e. The molecule has 0 unspecified atom stereocenters. The van der Waals surface area contributed by atoms with Gasteiger partial charge in [0.1, 0.15) is 5.76 Å². The highest BCUT2D eigenvalue weighted by atomic mass is 16.5. The fourth-order valence-corrected chi connectivity index (χ4v) is 1.96. The van der Waals surface area contributed by atoms with Gasteiger partial charge in [-0.3, -0.25) is 4.79 Å². The molecule has 2 aromatic rings. The Balaban J connectivity index is 2.02. The van der Waals surface area contributed by atoms with Crippen LogP contribution in [0.25, 0.3) is 12.2 Å². The van der Waals surface area contributed by atoms with Crippen LogP contribution in [0.15, 0.2) is 72.5 Å². The molecular weight excluding hydrogens is 304 g/mol. The molecule has 0 atom stereocenters. The maximum atomic E-state index is 11.8. The Labute approximate surface area is 140 Å². The van der Waals surface area contributed by atoms with Crippen LogP contribution >= 0.6 is 0 Å². The number of phenolic OH excluding ortho intramolecular Hbond substituents is 1. The summed E-state index contributed by atoms with van der Waals surface area (Å²) < 4.78 is 5.01. The van der Waals surface area contributed by atoms with Crippen molar-refractivity contribution in [3.63, 3.8) is 0 Å². The van der Waals surface area contributed by atoms with Crippen molar-refractivity contribution >= 4 is 17.9 Å². The van der Waals surface area contributed by atoms with Crippen LogP contribution in [0, 0.1) is 0 Å². The van der Waals surface area contributed by atoms with Crippen LogP contribution in [0.2, 0.25) is 0 Å². The van der Waals surface area contributed by atoms with Gasteiger partial charge in [0.15, 0.2) is 17.3 Å². The van der Waals surface area contributed by atoms with Gasteiger partial charge in [-0.15, -0.1) is 0 Å². The summed E-state index contributed by atoms with van der Waals surface area (Å²) in [6.45, 7) is 0. The summed E-state index contributed by atoms with van der Waals surface area (Å²) in [5.41, 5.74) is 1.63. The van der Waals surface area contributed by atoms with Crippen LogP contribution in [0.1, 0.15) is 11.1 Å². The van der Waals surface area contributed by atoms with Gasteiger partial charge in [-0.2, -0.15) is 0 Å². The lowest BCUT2D eigenvalue weighted by Gasteiger charge is -2.03. The van der Waals surface area contributed by atoms with Crippen LogP contribution < -0.4 is 4.74 Å². The molecule has 0 aromatic heterocycles. The number of aromatic hydroxyl groups is 1. The molecule has 0 saturated heterocycles. The molecule has 0 amide bonds. The van der Waals surface area contributed by atoms with E-state index in [4.69, 9.17) is 4.74 Å². The highest BCUT2D eigenvalue weighted by Gasteiger charge is 2.00. The van der Waals surface area contributed by atoms with Gasteiger partial charge in [0, 0.05) is 6.08 Å². The quantitative estimate of drug-likeness (QED) is 0.476. The Morgan fingerprint density at radius 3 is 2.42 bits per heavy atom. The van der Waals surface area contributed by atoms with Crippen molar-refractivity contribution in [2.75, 3.05) is 7.11 Å². The Bertz CT molecular complexity index is 787. The molecule has 0 fully saturated rings. The number of rotatable bonds is 6. The molecule has 4 heteroatoms. The molecule has 0 radical (unpaired) electrons. The van der Waals surface area contributed by atoms with Crippen molar-refractivity contribution in [3.05, 3.63) is 83.6 Å². The van der Waals surface area contributed by atoms with Crippen LogP contribution in [0.5, 0.6) is 11.5 Å². The number of phenols is 1. The maximum absolute atomic E-state index is 11.8. The fraction of sp³-hybridized carbons (Fsp3) is 0.0500. The van der Waals surface area contributed by atoms with E-state index >= 15 is 0 Å². The van der Waals surface area contributed by atoms with Crippen LogP contribution in [0.4, 0.5) is 0 Å². The third-order valence-corrected chi connectivity index (χ3v) is 3.18. The Hall–Kier alpha value is -3.27. The van der Waals surface area contributed by atoms with E-state index < -0.39 is 0 Å². The zero-order valence-electron chi connectivity index (χ0n) is 13.2. The number of carbonyl (C=O) groups is 1. The molecule has 0 bridgehead atoms. The average molecular weight is 322 g/mol. The SMILES string of the molecule is COc1cc(/C=C/C(O)=CC(=O)/C=C/c2ccccc2)ccc1O. The summed E-state index contributed by atoms with van der Waals surface area (Å²) in [6.07, 6.45) is 7.22. The maximum Gasteiger partial charge on any atom is 0.182 e. The number of aliphatic hydroxyl groups excluding tert-OH is 1. The van der Waals surface area contributed by atoms with Crippen LogP contribution in [-0.2, 0) is 4.79 Å². The third-order valence-electron chi connectivity index (χ3n) is 3.18. The number of hydrogen-bond acceptors (Lipinski definition) is 4. The molecular formula is C20H18O4. The van der Waals surface area contributed by atoms with Gasteiger partial charge in [0.2, 0.25) is 0 Å². The lowest BCUT2D eigenvalue weighted by molar-refractivity contribution is -0.110. The summed E-state index contributed by atoms with van der Waals surface area (Å²) in [7, 11) is 1.46. The Morgan fingerprint density at radius 2 is 1.71 bits per heavy atom. The van der Waals surface area contributed by atoms with E-state index in [1.165, 1.54) is 25.3 Å². The first-order valence-corrected chi connectivity index (χ1v) is 7.31. The molecule has 2 aromatic carbocycles. The number of hydrogen-bond donors (Lipinski definition) is 2. The molecule has 0 spiro atoms. The van der Waals surface area contributed by atoms with E-state index in [9.17, 15) is 15.0 Å². The first-order chi connectivity index (χ1) is 11.6. The lowest BCUT2D eigenvalue weighted by atomic mass is 10.1. The van der Waals surface area contributed by atoms with E-state index in [-0.39, 0.29) is 17.3 Å². The lowest BCUT2D eigenvalue weighted by Crippen LogP contribution is -1.88. The summed E-state index contributed by atoms with van der Waals surface area (Å²) in [5.74, 6) is -0.104. The summed E-state index contributed by atoms with van der Waals surface area (Å²) in [5, 5.41) is 19.3. The molecule has 24 heavy (non-hydrogen) atoms. The zero-order valence-corrected chi connectivity index (χ0v) is 13.2. The first-order valence-electron chi connectivity index (χ1n) is 7.31. The summed E-state index contributed by atoms with van der Waals surface area (Å²) in [4.78, 5) is 11.8. The third kappa shape index (κ3) is 5.18. The minimum absolute atomic E-state index is 0.0376. The van der Waals surface area contributed by atoms with Gasteiger partial charge in [0.05, 0.1) is 7.11 Å². The van der Waals surface area contributed by atoms with Crippen molar-refractivity contribution in [3.8, 4) is 11.5 Å². The number of carbonyl (C=O) groups excluding carboxylic acids is 1. The van der Waals surface area contributed by atoms with E-state index in [0.29, 0.717) is 5.75 Å². The molecule has 0 aliphatic rings. The second kappa shape index (κ2) is 8.39. The highest BCUT2D eigenvalue weighted by Crippen LogP contribution is 2.26. The summed E-state index contributed by atoms with van der Waals surface area (Å²) in [6, 6.07) is 14.2. The number of allylic oxidation sites excluding steroid dienone is 3. The van der Waals surface area contributed by atoms with Crippen molar-refractivity contribution in [2.24, 2.45) is 0 Å². The number of benzene rings is 2. The molecule has 0 saturated carbocycles. The predicted molar refractivity (Wildman–Crippen MR) is 94.9 cm³/mol. The van der Waals surface area contributed by atoms with Gasteiger partial charge >= 0.3 is 0 Å². The predicted octanol–water partition coefficient (Wildman–Crippen LogP) is 4.14. The summed E-state index contributed by atoms with van der Waals surface area (Å²) >= 11 is 0. The van der Waals surface area contributed by atoms with Crippen molar-refractivity contribution < 1.29 is 19.7 Å². The molecule has 2 N–H and O–H groups in total. The van der Waals surface area contributed by atoms with Crippen molar-refractivity contribution in [1.82, 2.24) is 0 Å². The number of ketones is 1. The number of aliphatic hydroxyl groups is 1. The van der Waals surface area contributed by atoms with Crippen molar-refractivity contribution in [2.45, 2.75) is 0 Å². The Kier molecular flexibility index (Phi) is 5.97. The fourth-order valence-electron chi connectivity index (χ4n) is 1.96. The highest BCUT2D eigenvalue weighted by molar-refractivity contribution is 6.02. The van der Waals surface area contributed by atoms with Crippen LogP contribution in [0.3, 0.4) is 0 Å². The number of ether oxygens (including phenoxy) is 1. The molecule has 0 heterocycles. The average Bonchev–Trinajstić information content (AvgIpc) is 2.60. The van der Waals surface area contributed by atoms with E-state index in [2.05, 4.69) is 0 Å². The van der Waals surface area contributed by atoms with E-state index in [1.807, 2.05) is 30.3 Å². The molecule has 122 valence electrons. The van der Waals surface area contributed by atoms with Gasteiger partial charge in [-0.25, -0.2) is 0 Å². The normalized spacial score (nSPS) is 12.0. The second-order valence-electron chi connectivity index (χ2n) is 4.98. The minimum Gasteiger partial charge on any atom is -0.508 e. The standard InChI is InChI=1S/C20H18O4/c1-24-20-13-16(9-12-19(20)23)8-11-18(22)14-17(21)10-7-15-5-3-2-4-6-15/h2-14,22-23H,1H3/b10-7+,11-8+,18-14?. The monoisotopic (exact) mass is 322 g/mol. The van der Waals surface area contributed by atoms with Gasteiger partial charge in [-0.1, -0.05) is 48.6 Å². The van der Waals surface area contributed by atoms with Crippen molar-refractivity contribution in [1.29, 1.82) is 0 Å². The van der Waals surface area contributed by atoms with Gasteiger partial charge in [-0.05, 0) is 35.4 Å². The Morgan fingerprint density at radius 1 is 1.00 bits per heavy atom. The second-order valence-corrected chi connectivity index (χ2v) is 4.98. The van der Waals surface area contributed by atoms with E-state index in [0.717, 1.165) is 17.2 Å². The van der Waals surface area contributed by atoms with Gasteiger partial charge < -0.3 is 14.9 Å². The molecule has 0 aliphatic carbocycles. The zero-order chi connectivity index (χ0) is 17.4. The van der Waals surface area contributed by atoms with Crippen LogP contribution in [-0.4, -0.2) is 23.1 Å².